The van der Waals surface area contributed by atoms with Gasteiger partial charge in [0.15, 0.2) is 5.16 Å². The molecule has 1 amide bonds. The summed E-state index contributed by atoms with van der Waals surface area (Å²) in [6, 6.07) is 4.81. The third kappa shape index (κ3) is 6.20. The Morgan fingerprint density at radius 1 is 1.38 bits per heavy atom. The van der Waals surface area contributed by atoms with Crippen molar-refractivity contribution in [3.8, 4) is 0 Å². The van der Waals surface area contributed by atoms with Gasteiger partial charge < -0.3 is 14.6 Å². The highest BCUT2D eigenvalue weighted by Gasteiger charge is 2.30. The van der Waals surface area contributed by atoms with Gasteiger partial charge in [-0.2, -0.15) is 13.2 Å². The van der Waals surface area contributed by atoms with E-state index < -0.39 is 11.7 Å². The molecule has 1 atom stereocenters. The van der Waals surface area contributed by atoms with Crippen molar-refractivity contribution in [2.24, 2.45) is 7.05 Å². The lowest BCUT2D eigenvalue weighted by Crippen LogP contribution is -2.28. The normalized spacial score (nSPS) is 16.9. The summed E-state index contributed by atoms with van der Waals surface area (Å²) < 4.78 is 45.7. The maximum absolute atomic E-state index is 12.8. The molecule has 1 aromatic heterocycles. The number of alkyl halides is 3. The highest BCUT2D eigenvalue weighted by atomic mass is 32.2. The first kappa shape index (κ1) is 21.6. The first-order valence-corrected chi connectivity index (χ1v) is 10.4. The van der Waals surface area contributed by atoms with E-state index in [1.54, 1.807) is 11.8 Å². The summed E-state index contributed by atoms with van der Waals surface area (Å²) in [6.45, 7) is 1.15. The van der Waals surface area contributed by atoms with Crippen LogP contribution < -0.4 is 5.32 Å². The zero-order chi connectivity index (χ0) is 20.9. The Morgan fingerprint density at radius 3 is 2.93 bits per heavy atom. The molecule has 0 unspecified atom stereocenters. The minimum atomic E-state index is -4.42. The number of thioether (sulfide) groups is 1. The fourth-order valence-electron chi connectivity index (χ4n) is 3.05. The highest BCUT2D eigenvalue weighted by molar-refractivity contribution is 7.99. The lowest BCUT2D eigenvalue weighted by atomic mass is 10.1. The van der Waals surface area contributed by atoms with Gasteiger partial charge in [-0.15, -0.1) is 10.2 Å². The average molecular weight is 428 g/mol. The van der Waals surface area contributed by atoms with E-state index in [1.807, 2.05) is 11.6 Å². The zero-order valence-electron chi connectivity index (χ0n) is 16.0. The molecule has 2 aromatic rings. The Bertz CT molecular complexity index is 835. The summed E-state index contributed by atoms with van der Waals surface area (Å²) >= 11 is 1.60. The van der Waals surface area contributed by atoms with Crippen molar-refractivity contribution in [3.05, 3.63) is 41.2 Å². The maximum atomic E-state index is 12.8. The molecule has 1 aliphatic heterocycles. The summed E-state index contributed by atoms with van der Waals surface area (Å²) in [4.78, 5) is 12.1. The molecule has 29 heavy (non-hydrogen) atoms. The highest BCUT2D eigenvalue weighted by Crippen LogP contribution is 2.29. The number of carbonyl (C=O) groups is 1. The molecular formula is C19H23F3N4O2S. The van der Waals surface area contributed by atoms with Crippen LogP contribution in [0.25, 0.3) is 0 Å². The molecule has 0 saturated carbocycles. The predicted octanol–water partition coefficient (Wildman–Crippen LogP) is 3.01. The third-order valence-electron chi connectivity index (χ3n) is 4.64. The molecule has 0 radical (unpaired) electrons. The van der Waals surface area contributed by atoms with Gasteiger partial charge in [0.25, 0.3) is 0 Å². The Morgan fingerprint density at radius 2 is 2.21 bits per heavy atom. The topological polar surface area (TPSA) is 69.0 Å². The van der Waals surface area contributed by atoms with Crippen LogP contribution in [0.1, 0.15) is 29.8 Å². The molecule has 158 valence electrons. The second-order valence-electron chi connectivity index (χ2n) is 6.88. The van der Waals surface area contributed by atoms with Crippen LogP contribution in [0, 0.1) is 0 Å². The number of hydrogen-bond acceptors (Lipinski definition) is 5. The van der Waals surface area contributed by atoms with E-state index in [4.69, 9.17) is 4.74 Å². The summed E-state index contributed by atoms with van der Waals surface area (Å²) in [7, 11) is 1.87. The minimum Gasteiger partial charge on any atom is -0.377 e. The number of nitrogens with one attached hydrogen (secondary N) is 1. The lowest BCUT2D eigenvalue weighted by molar-refractivity contribution is -0.137. The van der Waals surface area contributed by atoms with Gasteiger partial charge in [0, 0.05) is 32.4 Å². The molecule has 0 aliphatic carbocycles. The number of benzene rings is 1. The Hall–Kier alpha value is -2.07. The average Bonchev–Trinajstić information content (AvgIpc) is 3.30. The van der Waals surface area contributed by atoms with Crippen LogP contribution in [0.3, 0.4) is 0 Å². The summed E-state index contributed by atoms with van der Waals surface area (Å²) in [5.41, 5.74) is -0.432. The van der Waals surface area contributed by atoms with Gasteiger partial charge in [0.05, 0.1) is 18.1 Å². The molecular weight excluding hydrogens is 405 g/mol. The van der Waals surface area contributed by atoms with E-state index in [9.17, 15) is 18.0 Å². The number of carbonyl (C=O) groups excluding carboxylic acids is 1. The Balaban J connectivity index is 1.44. The lowest BCUT2D eigenvalue weighted by Gasteiger charge is -2.09. The SMILES string of the molecule is Cn1c(CCNC(=O)Cc2cccc(C(F)(F)F)c2)nnc1SC[C@H]1CCCO1. The molecule has 10 heteroatoms. The maximum Gasteiger partial charge on any atom is 0.416 e. The van der Waals surface area contributed by atoms with E-state index in [1.165, 1.54) is 12.1 Å². The molecule has 3 rings (SSSR count). The summed E-state index contributed by atoms with van der Waals surface area (Å²) in [5, 5.41) is 11.9. The molecule has 1 saturated heterocycles. The number of hydrogen-bond donors (Lipinski definition) is 1. The van der Waals surface area contributed by atoms with Crippen molar-refractivity contribution in [2.45, 2.75) is 43.1 Å². The van der Waals surface area contributed by atoms with Gasteiger partial charge in [-0.1, -0.05) is 30.0 Å². The second-order valence-corrected chi connectivity index (χ2v) is 7.87. The summed E-state index contributed by atoms with van der Waals surface area (Å²) in [6.07, 6.45) is -1.62. The molecule has 1 fully saturated rings. The van der Waals surface area contributed by atoms with Gasteiger partial charge in [-0.25, -0.2) is 0 Å². The van der Waals surface area contributed by atoms with E-state index >= 15 is 0 Å². The van der Waals surface area contributed by atoms with Crippen molar-refractivity contribution in [2.75, 3.05) is 18.9 Å². The molecule has 0 spiro atoms. The van der Waals surface area contributed by atoms with Crippen LogP contribution in [0.15, 0.2) is 29.4 Å². The van der Waals surface area contributed by atoms with Crippen molar-refractivity contribution in [3.63, 3.8) is 0 Å². The number of halogens is 3. The van der Waals surface area contributed by atoms with Gasteiger partial charge in [-0.3, -0.25) is 4.79 Å². The van der Waals surface area contributed by atoms with Crippen LogP contribution in [0.5, 0.6) is 0 Å². The number of amides is 1. The fourth-order valence-corrected chi connectivity index (χ4v) is 4.05. The van der Waals surface area contributed by atoms with Gasteiger partial charge >= 0.3 is 6.18 Å². The minimum absolute atomic E-state index is 0.106. The van der Waals surface area contributed by atoms with Crippen LogP contribution in [0.4, 0.5) is 13.2 Å². The molecule has 1 N–H and O–H groups in total. The molecule has 2 heterocycles. The van der Waals surface area contributed by atoms with Crippen molar-refractivity contribution in [1.82, 2.24) is 20.1 Å². The second kappa shape index (κ2) is 9.62. The van der Waals surface area contributed by atoms with Gasteiger partial charge in [-0.05, 0) is 24.5 Å². The molecule has 1 aromatic carbocycles. The first-order valence-electron chi connectivity index (χ1n) is 9.38. The number of ether oxygens (including phenoxy) is 1. The van der Waals surface area contributed by atoms with Crippen LogP contribution in [-0.2, 0) is 35.6 Å². The number of nitrogens with zero attached hydrogens (tertiary/aromatic N) is 3. The molecule has 1 aliphatic rings. The largest absolute Gasteiger partial charge is 0.416 e. The fraction of sp³-hybridized carbons (Fsp3) is 0.526. The summed E-state index contributed by atoms with van der Waals surface area (Å²) in [5.74, 6) is 1.23. The van der Waals surface area contributed by atoms with Crippen molar-refractivity contribution < 1.29 is 22.7 Å². The quantitative estimate of drug-likeness (QED) is 0.655. The third-order valence-corrected chi connectivity index (χ3v) is 5.79. The molecule has 6 nitrogen and oxygen atoms in total. The predicted molar refractivity (Wildman–Crippen MR) is 103 cm³/mol. The van der Waals surface area contributed by atoms with Crippen LogP contribution in [0.2, 0.25) is 0 Å². The monoisotopic (exact) mass is 428 g/mol. The van der Waals surface area contributed by atoms with Gasteiger partial charge in [0.1, 0.15) is 5.82 Å². The van der Waals surface area contributed by atoms with E-state index in [0.717, 1.165) is 48.3 Å². The molecule has 0 bridgehead atoms. The number of rotatable bonds is 8. The van der Waals surface area contributed by atoms with E-state index in [0.29, 0.717) is 18.5 Å². The van der Waals surface area contributed by atoms with Crippen LogP contribution >= 0.6 is 11.8 Å². The van der Waals surface area contributed by atoms with Gasteiger partial charge in [0.2, 0.25) is 5.91 Å². The van der Waals surface area contributed by atoms with Crippen molar-refractivity contribution in [1.29, 1.82) is 0 Å². The van der Waals surface area contributed by atoms with Crippen molar-refractivity contribution >= 4 is 17.7 Å². The standard InChI is InChI=1S/C19H23F3N4O2S/c1-26-16(24-25-18(26)29-12-15-6-3-9-28-15)7-8-23-17(27)11-13-4-2-5-14(10-13)19(20,21)22/h2,4-5,10,15H,3,6-9,11-12H2,1H3,(H,23,27)/t15-/m1/s1. The smallest absolute Gasteiger partial charge is 0.377 e. The van der Waals surface area contributed by atoms with Crippen LogP contribution in [-0.4, -0.2) is 45.7 Å². The first-order chi connectivity index (χ1) is 13.8. The van der Waals surface area contributed by atoms with E-state index in [-0.39, 0.29) is 18.4 Å². The number of aromatic nitrogens is 3. The zero-order valence-corrected chi connectivity index (χ0v) is 16.9. The Kier molecular flexibility index (Phi) is 7.18. The van der Waals surface area contributed by atoms with E-state index in [2.05, 4.69) is 15.5 Å². The Labute approximate surface area is 171 Å².